The van der Waals surface area contributed by atoms with E-state index in [9.17, 15) is 28.1 Å². The van der Waals surface area contributed by atoms with Crippen LogP contribution in [0, 0.1) is 24.0 Å². The number of amides is 2. The molecule has 4 rings (SSSR count). The van der Waals surface area contributed by atoms with Gasteiger partial charge in [-0.1, -0.05) is 77.8 Å². The van der Waals surface area contributed by atoms with Crippen LogP contribution in [0.25, 0.3) is 0 Å². The predicted octanol–water partition coefficient (Wildman–Crippen LogP) is 5.46. The molecule has 0 aromatic heterocycles. The minimum Gasteiger partial charge on any atom is -0.495 e. The number of nitro benzene ring substituents is 1. The van der Waals surface area contributed by atoms with Gasteiger partial charge in [-0.15, -0.1) is 0 Å². The zero-order chi connectivity index (χ0) is 34.3. The highest BCUT2D eigenvalue weighted by molar-refractivity contribution is 7.92. The van der Waals surface area contributed by atoms with Crippen molar-refractivity contribution in [2.75, 3.05) is 25.0 Å². The summed E-state index contributed by atoms with van der Waals surface area (Å²) in [7, 11) is -1.85. The molecule has 47 heavy (non-hydrogen) atoms. The molecule has 0 saturated carbocycles. The van der Waals surface area contributed by atoms with Crippen LogP contribution in [-0.2, 0) is 32.6 Å². The first-order chi connectivity index (χ1) is 22.3. The summed E-state index contributed by atoms with van der Waals surface area (Å²) >= 11 is 6.31. The topological polar surface area (TPSA) is 139 Å². The van der Waals surface area contributed by atoms with Gasteiger partial charge in [0.2, 0.25) is 11.8 Å². The molecule has 11 nitrogen and oxygen atoms in total. The fraction of sp³-hybridized carbons (Fsp3) is 0.235. The normalized spacial score (nSPS) is 11.8. The Morgan fingerprint density at radius 2 is 1.66 bits per heavy atom. The van der Waals surface area contributed by atoms with E-state index in [0.29, 0.717) is 0 Å². The van der Waals surface area contributed by atoms with Crippen LogP contribution in [0.4, 0.5) is 11.4 Å². The Morgan fingerprint density at radius 3 is 2.30 bits per heavy atom. The van der Waals surface area contributed by atoms with E-state index in [-0.39, 0.29) is 35.0 Å². The molecule has 246 valence electrons. The van der Waals surface area contributed by atoms with Crippen molar-refractivity contribution in [3.8, 4) is 5.75 Å². The van der Waals surface area contributed by atoms with E-state index in [1.54, 1.807) is 0 Å². The Balaban J connectivity index is 1.88. The van der Waals surface area contributed by atoms with Gasteiger partial charge in [-0.3, -0.25) is 24.0 Å². The minimum absolute atomic E-state index is 0.0119. The van der Waals surface area contributed by atoms with Crippen molar-refractivity contribution < 1.29 is 27.7 Å². The van der Waals surface area contributed by atoms with Crippen molar-refractivity contribution in [2.45, 2.75) is 37.8 Å². The molecule has 0 fully saturated rings. The number of carbonyl (C=O) groups is 2. The number of hydrogen-bond acceptors (Lipinski definition) is 7. The third kappa shape index (κ3) is 8.27. The molecule has 13 heteroatoms. The van der Waals surface area contributed by atoms with Gasteiger partial charge in [0.15, 0.2) is 0 Å². The lowest BCUT2D eigenvalue weighted by Gasteiger charge is -2.34. The highest BCUT2D eigenvalue weighted by Crippen LogP contribution is 2.36. The van der Waals surface area contributed by atoms with Crippen LogP contribution in [0.2, 0.25) is 5.02 Å². The number of likely N-dealkylation sites (N-methyl/N-ethyl adjacent to an activating group) is 1. The van der Waals surface area contributed by atoms with Crippen LogP contribution >= 0.6 is 11.6 Å². The molecule has 0 unspecified atom stereocenters. The van der Waals surface area contributed by atoms with Crippen molar-refractivity contribution in [1.29, 1.82) is 0 Å². The predicted molar refractivity (Wildman–Crippen MR) is 180 cm³/mol. The van der Waals surface area contributed by atoms with Gasteiger partial charge >= 0.3 is 0 Å². The van der Waals surface area contributed by atoms with E-state index < -0.39 is 49.9 Å². The first kappa shape index (κ1) is 34.9. The second-order valence-electron chi connectivity index (χ2n) is 10.9. The van der Waals surface area contributed by atoms with E-state index in [0.717, 1.165) is 27.1 Å². The number of anilines is 1. The highest BCUT2D eigenvalue weighted by Gasteiger charge is 2.36. The molecular weight excluding hydrogens is 644 g/mol. The molecule has 4 aromatic carbocycles. The van der Waals surface area contributed by atoms with Crippen LogP contribution < -0.4 is 14.4 Å². The fourth-order valence-corrected chi connectivity index (χ4v) is 6.78. The quantitative estimate of drug-likeness (QED) is 0.146. The zero-order valence-electron chi connectivity index (χ0n) is 26.3. The number of hydrogen-bond donors (Lipinski definition) is 1. The van der Waals surface area contributed by atoms with Crippen LogP contribution in [0.1, 0.15) is 22.3 Å². The monoisotopic (exact) mass is 678 g/mol. The third-order valence-corrected chi connectivity index (χ3v) is 9.60. The van der Waals surface area contributed by atoms with Crippen molar-refractivity contribution in [3.63, 3.8) is 0 Å². The summed E-state index contributed by atoms with van der Waals surface area (Å²) in [4.78, 5) is 39.9. The number of benzene rings is 4. The summed E-state index contributed by atoms with van der Waals surface area (Å²) in [5.41, 5.74) is 2.24. The van der Waals surface area contributed by atoms with Crippen LogP contribution in [0.5, 0.6) is 5.75 Å². The minimum atomic E-state index is -4.65. The molecule has 1 atom stereocenters. The average molecular weight is 679 g/mol. The van der Waals surface area contributed by atoms with Crippen LogP contribution in [0.3, 0.4) is 0 Å². The van der Waals surface area contributed by atoms with Gasteiger partial charge < -0.3 is 15.0 Å². The summed E-state index contributed by atoms with van der Waals surface area (Å²) in [5.74, 6) is -1.06. The summed E-state index contributed by atoms with van der Waals surface area (Å²) in [6, 6.07) is 23.4. The number of sulfonamides is 1. The number of ether oxygens (including phenoxy) is 1. The Bertz CT molecular complexity index is 1890. The van der Waals surface area contributed by atoms with Crippen molar-refractivity contribution in [2.24, 2.45) is 0 Å². The lowest BCUT2D eigenvalue weighted by Crippen LogP contribution is -2.53. The second kappa shape index (κ2) is 15.1. The summed E-state index contributed by atoms with van der Waals surface area (Å²) < 4.78 is 35.0. The molecule has 0 aliphatic heterocycles. The number of aryl methyl sites for hydroxylation is 2. The standard InChI is InChI=1S/C34H35ClN4O7S/c1-23-9-8-12-26(17-23)21-37(31(34(41)36-3)18-25-10-6-5-7-11-25)33(40)22-38(30-19-27(35)14-16-32(30)46-4)47(44,45)28-15-13-24(2)29(20-28)39(42)43/h5-17,19-20,31H,18,21-22H2,1-4H3,(H,36,41)/t31-/m0/s1. The molecule has 0 aliphatic carbocycles. The van der Waals surface area contributed by atoms with E-state index in [4.69, 9.17) is 16.3 Å². The lowest BCUT2D eigenvalue weighted by atomic mass is 10.0. The summed E-state index contributed by atoms with van der Waals surface area (Å²) in [6.45, 7) is 2.60. The van der Waals surface area contributed by atoms with Crippen molar-refractivity contribution in [3.05, 3.63) is 128 Å². The van der Waals surface area contributed by atoms with Gasteiger partial charge in [-0.25, -0.2) is 8.42 Å². The Morgan fingerprint density at radius 1 is 0.957 bits per heavy atom. The van der Waals surface area contributed by atoms with Gasteiger partial charge in [-0.05, 0) is 49.2 Å². The number of halogens is 1. The molecule has 0 saturated heterocycles. The van der Waals surface area contributed by atoms with Gasteiger partial charge in [0.1, 0.15) is 18.3 Å². The molecule has 0 heterocycles. The van der Waals surface area contributed by atoms with E-state index >= 15 is 0 Å². The van der Waals surface area contributed by atoms with E-state index in [1.807, 2.05) is 61.5 Å². The lowest BCUT2D eigenvalue weighted by molar-refractivity contribution is -0.385. The van der Waals surface area contributed by atoms with Gasteiger partial charge in [0, 0.05) is 36.7 Å². The maximum Gasteiger partial charge on any atom is 0.273 e. The van der Waals surface area contributed by atoms with E-state index in [1.165, 1.54) is 56.3 Å². The largest absolute Gasteiger partial charge is 0.495 e. The highest BCUT2D eigenvalue weighted by atomic mass is 35.5. The second-order valence-corrected chi connectivity index (χ2v) is 13.2. The summed E-state index contributed by atoms with van der Waals surface area (Å²) in [6.07, 6.45) is 0.148. The smallest absolute Gasteiger partial charge is 0.273 e. The number of nitrogens with zero attached hydrogens (tertiary/aromatic N) is 3. The first-order valence-corrected chi connectivity index (χ1v) is 16.4. The number of methoxy groups -OCH3 is 1. The third-order valence-electron chi connectivity index (χ3n) is 7.61. The van der Waals surface area contributed by atoms with Gasteiger partial charge in [0.25, 0.3) is 15.7 Å². The first-order valence-electron chi connectivity index (χ1n) is 14.6. The molecule has 1 N–H and O–H groups in total. The van der Waals surface area contributed by atoms with Gasteiger partial charge in [-0.2, -0.15) is 0 Å². The van der Waals surface area contributed by atoms with Gasteiger partial charge in [0.05, 0.1) is 22.6 Å². The number of carbonyl (C=O) groups excluding carboxylic acids is 2. The van der Waals surface area contributed by atoms with Crippen LogP contribution in [-0.4, -0.2) is 56.8 Å². The fourth-order valence-electron chi connectivity index (χ4n) is 5.17. The molecule has 2 amide bonds. The zero-order valence-corrected chi connectivity index (χ0v) is 27.9. The Labute approximate surface area is 278 Å². The van der Waals surface area contributed by atoms with Crippen LogP contribution in [0.15, 0.2) is 95.9 Å². The molecule has 0 aliphatic rings. The maximum absolute atomic E-state index is 14.5. The maximum atomic E-state index is 14.5. The van der Waals surface area contributed by atoms with E-state index in [2.05, 4.69) is 5.32 Å². The Kier molecular flexibility index (Phi) is 11.2. The molecule has 4 aromatic rings. The number of rotatable bonds is 13. The Hall–Kier alpha value is -4.94. The molecular formula is C34H35ClN4O7S. The van der Waals surface area contributed by atoms with Crippen molar-refractivity contribution in [1.82, 2.24) is 10.2 Å². The average Bonchev–Trinajstić information content (AvgIpc) is 3.05. The molecule has 0 bridgehead atoms. The SMILES string of the molecule is CNC(=O)[C@H](Cc1ccccc1)N(Cc1cccc(C)c1)C(=O)CN(c1cc(Cl)ccc1OC)S(=O)(=O)c1ccc(C)c([N+](=O)[O-])c1. The molecule has 0 spiro atoms. The summed E-state index contributed by atoms with van der Waals surface area (Å²) in [5, 5.41) is 14.5. The molecule has 0 radical (unpaired) electrons. The number of nitro groups is 1. The number of nitrogens with one attached hydrogen (secondary N) is 1. The van der Waals surface area contributed by atoms with Crippen molar-refractivity contribution >= 4 is 44.8 Å².